The zero-order valence-electron chi connectivity index (χ0n) is 12.3. The molecule has 4 heteroatoms. The number of imidazole rings is 1. The van der Waals surface area contributed by atoms with E-state index in [2.05, 4.69) is 16.5 Å². The largest absolute Gasteiger partial charge is 0.324 e. The first-order chi connectivity index (χ1) is 10.0. The molecule has 0 bridgehead atoms. The van der Waals surface area contributed by atoms with Crippen molar-refractivity contribution in [3.05, 3.63) is 64.4 Å². The zero-order chi connectivity index (χ0) is 15.4. The molecule has 0 aliphatic rings. The van der Waals surface area contributed by atoms with Crippen molar-refractivity contribution in [2.24, 2.45) is 0 Å². The highest BCUT2D eigenvalue weighted by atomic mass is 35.5. The van der Waals surface area contributed by atoms with Crippen molar-refractivity contribution in [3.63, 3.8) is 0 Å². The van der Waals surface area contributed by atoms with Crippen LogP contribution in [-0.2, 0) is 0 Å². The minimum absolute atomic E-state index is 0.131. The molecule has 21 heavy (non-hydrogen) atoms. The number of aromatic nitrogens is 2. The fraction of sp³-hybridized carbons (Fsp3) is 0.235. The molecular formula is C17H18Cl2N2. The smallest absolute Gasteiger partial charge is 0.142 e. The van der Waals surface area contributed by atoms with Gasteiger partial charge < -0.3 is 4.57 Å². The molecule has 0 aliphatic heterocycles. The fourth-order valence-electron chi connectivity index (χ4n) is 2.09. The zero-order valence-corrected chi connectivity index (χ0v) is 13.9. The summed E-state index contributed by atoms with van der Waals surface area (Å²) < 4.78 is 2.10. The maximum absolute atomic E-state index is 6.29. The van der Waals surface area contributed by atoms with Crippen molar-refractivity contribution >= 4 is 23.2 Å². The minimum atomic E-state index is 0.131. The third-order valence-electron chi connectivity index (χ3n) is 3.22. The summed E-state index contributed by atoms with van der Waals surface area (Å²) in [5.41, 5.74) is 1.90. The van der Waals surface area contributed by atoms with Gasteiger partial charge in [-0.25, -0.2) is 4.98 Å². The molecule has 2 nitrogen and oxygen atoms in total. The third-order valence-corrected chi connectivity index (χ3v) is 3.89. The van der Waals surface area contributed by atoms with Crippen LogP contribution in [0.1, 0.15) is 25.6 Å². The van der Waals surface area contributed by atoms with Gasteiger partial charge in [0.2, 0.25) is 0 Å². The van der Waals surface area contributed by atoms with Gasteiger partial charge in [-0.2, -0.15) is 0 Å². The van der Waals surface area contributed by atoms with Crippen molar-refractivity contribution < 1.29 is 0 Å². The molecule has 0 radical (unpaired) electrons. The second-order valence-electron chi connectivity index (χ2n) is 4.87. The minimum Gasteiger partial charge on any atom is -0.324 e. The van der Waals surface area contributed by atoms with Gasteiger partial charge in [-0.1, -0.05) is 47.5 Å². The summed E-state index contributed by atoms with van der Waals surface area (Å²) in [7, 11) is 0. The Labute approximate surface area is 135 Å². The molecule has 1 aromatic carbocycles. The molecule has 0 fully saturated rings. The van der Waals surface area contributed by atoms with E-state index in [0.29, 0.717) is 5.02 Å². The highest BCUT2D eigenvalue weighted by Crippen LogP contribution is 2.29. The molecule has 1 atom stereocenters. The van der Waals surface area contributed by atoms with Crippen LogP contribution in [0.15, 0.2) is 53.7 Å². The fourth-order valence-corrected chi connectivity index (χ4v) is 2.38. The number of allylic oxidation sites excluding steroid dienone is 4. The van der Waals surface area contributed by atoms with Gasteiger partial charge in [-0.05, 0) is 39.0 Å². The Morgan fingerprint density at radius 3 is 2.71 bits per heavy atom. The van der Waals surface area contributed by atoms with Gasteiger partial charge in [0.15, 0.2) is 0 Å². The molecule has 0 saturated heterocycles. The second-order valence-corrected chi connectivity index (χ2v) is 5.71. The average molecular weight is 321 g/mol. The summed E-state index contributed by atoms with van der Waals surface area (Å²) in [6.45, 7) is 5.98. The van der Waals surface area contributed by atoms with Gasteiger partial charge >= 0.3 is 0 Å². The van der Waals surface area contributed by atoms with E-state index in [-0.39, 0.29) is 6.04 Å². The summed E-state index contributed by atoms with van der Waals surface area (Å²) in [6, 6.07) is 7.87. The van der Waals surface area contributed by atoms with Gasteiger partial charge in [0.1, 0.15) is 5.82 Å². The Kier molecular flexibility index (Phi) is 5.27. The van der Waals surface area contributed by atoms with Crippen molar-refractivity contribution in [1.82, 2.24) is 9.55 Å². The van der Waals surface area contributed by atoms with Crippen LogP contribution in [0.5, 0.6) is 0 Å². The maximum atomic E-state index is 6.29. The van der Waals surface area contributed by atoms with Crippen LogP contribution < -0.4 is 0 Å². The molecule has 0 N–H and O–H groups in total. The molecule has 2 aromatic rings. The summed E-state index contributed by atoms with van der Waals surface area (Å²) in [5.74, 6) is 0.867. The van der Waals surface area contributed by atoms with Crippen LogP contribution in [0.3, 0.4) is 0 Å². The predicted molar refractivity (Wildman–Crippen MR) is 90.9 cm³/mol. The second kappa shape index (κ2) is 6.97. The van der Waals surface area contributed by atoms with E-state index in [1.54, 1.807) is 0 Å². The molecule has 0 aliphatic carbocycles. The summed E-state index contributed by atoms with van der Waals surface area (Å²) >= 11 is 12.3. The Hall–Kier alpha value is -1.51. The highest BCUT2D eigenvalue weighted by Gasteiger charge is 2.14. The Morgan fingerprint density at radius 2 is 2.05 bits per heavy atom. The van der Waals surface area contributed by atoms with E-state index in [1.165, 1.54) is 0 Å². The van der Waals surface area contributed by atoms with Crippen LogP contribution in [0.25, 0.3) is 11.4 Å². The van der Waals surface area contributed by atoms with E-state index < -0.39 is 0 Å². The Balaban J connectivity index is 2.42. The number of nitrogens with zero attached hydrogens (tertiary/aromatic N) is 2. The molecule has 0 amide bonds. The van der Waals surface area contributed by atoms with Crippen LogP contribution in [-0.4, -0.2) is 9.55 Å². The van der Waals surface area contributed by atoms with E-state index >= 15 is 0 Å². The standard InChI is InChI=1S/C17H18Cl2N2/c1-4-14(18)10-9-13(3)21-11-12(2)20-17(21)15-7-5-6-8-16(15)19/h4-11,13H,1-3H3/b10-9-,14-4+. The number of aryl methyl sites for hydroxylation is 1. The lowest BCUT2D eigenvalue weighted by Gasteiger charge is -2.13. The number of hydrogen-bond acceptors (Lipinski definition) is 1. The Bertz CT molecular complexity index is 684. The van der Waals surface area contributed by atoms with Gasteiger partial charge in [-0.3, -0.25) is 0 Å². The molecule has 1 aromatic heterocycles. The summed E-state index contributed by atoms with van der Waals surface area (Å²) in [4.78, 5) is 4.61. The van der Waals surface area contributed by atoms with Crippen molar-refractivity contribution in [3.8, 4) is 11.4 Å². The van der Waals surface area contributed by atoms with Crippen LogP contribution in [0.2, 0.25) is 5.02 Å². The van der Waals surface area contributed by atoms with Crippen LogP contribution >= 0.6 is 23.2 Å². The van der Waals surface area contributed by atoms with Gasteiger partial charge in [0.25, 0.3) is 0 Å². The quantitative estimate of drug-likeness (QED) is 0.653. The van der Waals surface area contributed by atoms with Gasteiger partial charge in [-0.15, -0.1) is 0 Å². The number of benzene rings is 1. The summed E-state index contributed by atoms with van der Waals surface area (Å²) in [5, 5.41) is 1.42. The molecular weight excluding hydrogens is 303 g/mol. The molecule has 1 unspecified atom stereocenters. The average Bonchev–Trinajstić information content (AvgIpc) is 2.86. The highest BCUT2D eigenvalue weighted by molar-refractivity contribution is 6.33. The molecule has 0 spiro atoms. The van der Waals surface area contributed by atoms with Gasteiger partial charge in [0, 0.05) is 16.8 Å². The molecule has 2 rings (SSSR count). The van der Waals surface area contributed by atoms with E-state index in [0.717, 1.165) is 22.1 Å². The van der Waals surface area contributed by atoms with Crippen molar-refractivity contribution in [1.29, 1.82) is 0 Å². The molecule has 110 valence electrons. The van der Waals surface area contributed by atoms with E-state index in [9.17, 15) is 0 Å². The molecule has 0 saturated carbocycles. The van der Waals surface area contributed by atoms with E-state index in [1.807, 2.05) is 62.5 Å². The first kappa shape index (κ1) is 15.9. The first-order valence-corrected chi connectivity index (χ1v) is 7.59. The number of hydrogen-bond donors (Lipinski definition) is 0. The third kappa shape index (κ3) is 3.78. The normalized spacial score (nSPS) is 13.9. The first-order valence-electron chi connectivity index (χ1n) is 6.83. The lowest BCUT2D eigenvalue weighted by Crippen LogP contribution is -2.03. The lowest BCUT2D eigenvalue weighted by molar-refractivity contribution is 0.667. The maximum Gasteiger partial charge on any atom is 0.142 e. The number of halogens is 2. The Morgan fingerprint density at radius 1 is 1.33 bits per heavy atom. The van der Waals surface area contributed by atoms with E-state index in [4.69, 9.17) is 23.2 Å². The van der Waals surface area contributed by atoms with Crippen molar-refractivity contribution in [2.75, 3.05) is 0 Å². The SMILES string of the molecule is C/C=C(Cl)\C=C/C(C)n1cc(C)nc1-c1ccccc1Cl. The summed E-state index contributed by atoms with van der Waals surface area (Å²) in [6.07, 6.45) is 7.83. The van der Waals surface area contributed by atoms with Crippen molar-refractivity contribution in [2.45, 2.75) is 26.8 Å². The number of rotatable bonds is 4. The van der Waals surface area contributed by atoms with Gasteiger partial charge in [0.05, 0.1) is 16.8 Å². The monoisotopic (exact) mass is 320 g/mol. The molecule has 1 heterocycles. The predicted octanol–water partition coefficient (Wildman–Crippen LogP) is 5.77. The lowest BCUT2D eigenvalue weighted by atomic mass is 10.2. The van der Waals surface area contributed by atoms with Crippen LogP contribution in [0, 0.1) is 6.92 Å². The topological polar surface area (TPSA) is 17.8 Å². The van der Waals surface area contributed by atoms with Crippen LogP contribution in [0.4, 0.5) is 0 Å².